The normalized spacial score (nSPS) is 14.6. The zero-order valence-corrected chi connectivity index (χ0v) is 10.3. The highest BCUT2D eigenvalue weighted by Gasteiger charge is 2.15. The molecule has 0 rings (SSSR count). The minimum Gasteiger partial charge on any atom is -0.303 e. The number of aldehydes is 1. The Hall–Kier alpha value is -0.660. The van der Waals surface area contributed by atoms with Gasteiger partial charge in [-0.3, -0.25) is 4.79 Å². The van der Waals surface area contributed by atoms with Crippen LogP contribution < -0.4 is 0 Å². The molecule has 0 aromatic carbocycles. The fraction of sp³-hybridized carbons (Fsp3) is 0.846. The van der Waals surface area contributed by atoms with Gasteiger partial charge < -0.3 is 4.79 Å². The monoisotopic (exact) mass is 212 g/mol. The lowest BCUT2D eigenvalue weighted by atomic mass is 9.90. The Bertz CT molecular complexity index is 187. The van der Waals surface area contributed by atoms with Gasteiger partial charge >= 0.3 is 0 Å². The summed E-state index contributed by atoms with van der Waals surface area (Å²) in [6.07, 6.45) is 7.47. The molecule has 0 spiro atoms. The smallest absolute Gasteiger partial charge is 0.132 e. The molecule has 0 bridgehead atoms. The van der Waals surface area contributed by atoms with Crippen molar-refractivity contribution in [2.75, 3.05) is 0 Å². The molecule has 0 saturated carbocycles. The third-order valence-electron chi connectivity index (χ3n) is 2.97. The van der Waals surface area contributed by atoms with Gasteiger partial charge in [0.2, 0.25) is 0 Å². The Labute approximate surface area is 93.4 Å². The van der Waals surface area contributed by atoms with Crippen LogP contribution in [0.5, 0.6) is 0 Å². The van der Waals surface area contributed by atoms with Crippen LogP contribution in [-0.2, 0) is 9.59 Å². The van der Waals surface area contributed by atoms with E-state index in [0.717, 1.165) is 25.5 Å². The molecule has 0 saturated heterocycles. The molecule has 0 aliphatic rings. The van der Waals surface area contributed by atoms with Gasteiger partial charge in [-0.15, -0.1) is 0 Å². The number of hydrogen-bond acceptors (Lipinski definition) is 2. The van der Waals surface area contributed by atoms with Crippen LogP contribution >= 0.6 is 0 Å². The average Bonchev–Trinajstić information content (AvgIpc) is 2.22. The van der Waals surface area contributed by atoms with E-state index in [1.807, 2.05) is 6.92 Å². The minimum absolute atomic E-state index is 0.0337. The summed E-state index contributed by atoms with van der Waals surface area (Å²) >= 11 is 0. The number of carbonyl (C=O) groups is 2. The summed E-state index contributed by atoms with van der Waals surface area (Å²) in [6, 6.07) is 0. The Kier molecular flexibility index (Phi) is 8.25. The van der Waals surface area contributed by atoms with E-state index in [0.29, 0.717) is 0 Å². The van der Waals surface area contributed by atoms with Crippen molar-refractivity contribution >= 4 is 12.1 Å². The second-order valence-electron chi connectivity index (χ2n) is 4.49. The first-order valence-corrected chi connectivity index (χ1v) is 6.07. The Morgan fingerprint density at radius 3 is 2.40 bits per heavy atom. The van der Waals surface area contributed by atoms with Crippen LogP contribution in [0.2, 0.25) is 0 Å². The van der Waals surface area contributed by atoms with Crippen molar-refractivity contribution < 1.29 is 9.59 Å². The molecular formula is C13H24O2. The highest BCUT2D eigenvalue weighted by molar-refractivity contribution is 5.78. The molecular weight excluding hydrogens is 188 g/mol. The molecule has 2 atom stereocenters. The molecule has 2 unspecified atom stereocenters. The predicted molar refractivity (Wildman–Crippen MR) is 62.8 cm³/mol. The van der Waals surface area contributed by atoms with E-state index in [1.165, 1.54) is 19.3 Å². The van der Waals surface area contributed by atoms with Gasteiger partial charge in [0, 0.05) is 11.8 Å². The van der Waals surface area contributed by atoms with Gasteiger partial charge in [0.05, 0.1) is 0 Å². The zero-order chi connectivity index (χ0) is 11.7. The number of carbonyl (C=O) groups excluding carboxylic acids is 2. The van der Waals surface area contributed by atoms with E-state index in [9.17, 15) is 9.59 Å². The number of rotatable bonds is 9. The highest BCUT2D eigenvalue weighted by Crippen LogP contribution is 2.18. The van der Waals surface area contributed by atoms with E-state index < -0.39 is 0 Å². The molecule has 0 amide bonds. The Morgan fingerprint density at radius 1 is 1.27 bits per heavy atom. The number of Topliss-reactive ketones (excluding diaryl/α,β-unsaturated/α-hetero) is 1. The second kappa shape index (κ2) is 8.63. The van der Waals surface area contributed by atoms with Crippen LogP contribution in [0.1, 0.15) is 59.3 Å². The van der Waals surface area contributed by atoms with Gasteiger partial charge in [-0.05, 0) is 19.8 Å². The summed E-state index contributed by atoms with van der Waals surface area (Å²) in [7, 11) is 0. The molecule has 0 N–H and O–H groups in total. The van der Waals surface area contributed by atoms with Gasteiger partial charge in [0.25, 0.3) is 0 Å². The Morgan fingerprint density at radius 2 is 1.93 bits per heavy atom. The van der Waals surface area contributed by atoms with Gasteiger partial charge in [-0.25, -0.2) is 0 Å². The molecule has 0 aliphatic carbocycles. The van der Waals surface area contributed by atoms with Gasteiger partial charge in [0.1, 0.15) is 12.1 Å². The first kappa shape index (κ1) is 14.3. The van der Waals surface area contributed by atoms with E-state index in [1.54, 1.807) is 6.92 Å². The molecule has 0 aromatic rings. The highest BCUT2D eigenvalue weighted by atomic mass is 16.1. The minimum atomic E-state index is 0.0337. The third kappa shape index (κ3) is 7.29. The van der Waals surface area contributed by atoms with Gasteiger partial charge in [0.15, 0.2) is 0 Å². The van der Waals surface area contributed by atoms with Crippen molar-refractivity contribution in [1.29, 1.82) is 0 Å². The van der Waals surface area contributed by atoms with Crippen LogP contribution in [-0.4, -0.2) is 12.1 Å². The van der Waals surface area contributed by atoms with E-state index >= 15 is 0 Å². The number of unbranched alkanes of at least 4 members (excludes halogenated alkanes) is 3. The summed E-state index contributed by atoms with van der Waals surface area (Å²) in [4.78, 5) is 21.9. The molecule has 0 heterocycles. The standard InChI is InChI=1S/C13H24O2/c1-4-5-6-7-8-13(10-14)9-11(2)12(3)15/h10-11,13H,4-9H2,1-3H3. The van der Waals surface area contributed by atoms with E-state index in [4.69, 9.17) is 0 Å². The van der Waals surface area contributed by atoms with Crippen LogP contribution in [0.4, 0.5) is 0 Å². The third-order valence-corrected chi connectivity index (χ3v) is 2.97. The van der Waals surface area contributed by atoms with Crippen molar-refractivity contribution in [3.05, 3.63) is 0 Å². The fourth-order valence-electron chi connectivity index (χ4n) is 1.69. The topological polar surface area (TPSA) is 34.1 Å². The quantitative estimate of drug-likeness (QED) is 0.433. The summed E-state index contributed by atoms with van der Waals surface area (Å²) in [6.45, 7) is 5.68. The number of ketones is 1. The van der Waals surface area contributed by atoms with Crippen LogP contribution in [0.25, 0.3) is 0 Å². The van der Waals surface area contributed by atoms with Crippen molar-refractivity contribution in [2.45, 2.75) is 59.3 Å². The average molecular weight is 212 g/mol. The van der Waals surface area contributed by atoms with Gasteiger partial charge in [-0.1, -0.05) is 39.5 Å². The summed E-state index contributed by atoms with van der Waals surface area (Å²) in [5.74, 6) is 0.308. The lowest BCUT2D eigenvalue weighted by Gasteiger charge is -2.13. The molecule has 0 aromatic heterocycles. The lowest BCUT2D eigenvalue weighted by Crippen LogP contribution is -2.13. The maximum Gasteiger partial charge on any atom is 0.132 e. The fourth-order valence-corrected chi connectivity index (χ4v) is 1.69. The molecule has 2 heteroatoms. The zero-order valence-electron chi connectivity index (χ0n) is 10.3. The van der Waals surface area contributed by atoms with Crippen LogP contribution in [0, 0.1) is 11.8 Å². The predicted octanol–water partition coefficient (Wildman–Crippen LogP) is 3.39. The summed E-state index contributed by atoms with van der Waals surface area (Å²) < 4.78 is 0. The molecule has 88 valence electrons. The second-order valence-corrected chi connectivity index (χ2v) is 4.49. The maximum absolute atomic E-state index is 11.1. The van der Waals surface area contributed by atoms with Crippen molar-refractivity contribution in [2.24, 2.45) is 11.8 Å². The first-order valence-electron chi connectivity index (χ1n) is 6.07. The molecule has 0 aliphatic heterocycles. The molecule has 2 nitrogen and oxygen atoms in total. The lowest BCUT2D eigenvalue weighted by molar-refractivity contribution is -0.121. The van der Waals surface area contributed by atoms with Crippen molar-refractivity contribution in [3.63, 3.8) is 0 Å². The van der Waals surface area contributed by atoms with Crippen LogP contribution in [0.15, 0.2) is 0 Å². The SMILES string of the molecule is CCCCCCC(C=O)CC(C)C(C)=O. The van der Waals surface area contributed by atoms with Crippen molar-refractivity contribution in [1.82, 2.24) is 0 Å². The maximum atomic E-state index is 11.1. The molecule has 15 heavy (non-hydrogen) atoms. The molecule has 0 fully saturated rings. The largest absolute Gasteiger partial charge is 0.303 e. The molecule has 0 radical (unpaired) electrons. The summed E-state index contributed by atoms with van der Waals surface area (Å²) in [5, 5.41) is 0. The Balaban J connectivity index is 3.72. The van der Waals surface area contributed by atoms with Crippen molar-refractivity contribution in [3.8, 4) is 0 Å². The van der Waals surface area contributed by atoms with Gasteiger partial charge in [-0.2, -0.15) is 0 Å². The van der Waals surface area contributed by atoms with E-state index in [2.05, 4.69) is 6.92 Å². The summed E-state index contributed by atoms with van der Waals surface area (Å²) in [5.41, 5.74) is 0. The number of hydrogen-bond donors (Lipinski definition) is 0. The van der Waals surface area contributed by atoms with E-state index in [-0.39, 0.29) is 17.6 Å². The van der Waals surface area contributed by atoms with Crippen LogP contribution in [0.3, 0.4) is 0 Å². The first-order chi connectivity index (χ1) is 7.11.